The molecule has 2 heteroatoms. The highest BCUT2D eigenvalue weighted by molar-refractivity contribution is 8.02. The number of hydrogen-bond donors (Lipinski definition) is 1. The third-order valence-corrected chi connectivity index (χ3v) is 4.18. The van der Waals surface area contributed by atoms with Gasteiger partial charge in [0, 0.05) is 11.5 Å². The molecule has 0 aromatic heterocycles. The SMILES string of the molecule is CCC[SH](C)(=O)CCC. The van der Waals surface area contributed by atoms with Gasteiger partial charge in [-0.25, -0.2) is 0 Å². The molecule has 0 atom stereocenters. The minimum Gasteiger partial charge on any atom is -0.285 e. The van der Waals surface area contributed by atoms with Gasteiger partial charge in [0.25, 0.3) is 0 Å². The fourth-order valence-corrected chi connectivity index (χ4v) is 3.17. The van der Waals surface area contributed by atoms with Crippen LogP contribution in [0.3, 0.4) is 0 Å². The van der Waals surface area contributed by atoms with E-state index in [0.29, 0.717) is 0 Å². The van der Waals surface area contributed by atoms with Crippen molar-refractivity contribution in [2.24, 2.45) is 0 Å². The van der Waals surface area contributed by atoms with E-state index in [4.69, 9.17) is 0 Å². The van der Waals surface area contributed by atoms with Crippen LogP contribution in [0.25, 0.3) is 0 Å². The molecule has 58 valence electrons. The van der Waals surface area contributed by atoms with Crippen molar-refractivity contribution in [2.75, 3.05) is 17.8 Å². The Balaban J connectivity index is 3.58. The lowest BCUT2D eigenvalue weighted by molar-refractivity contribution is 0.671. The average Bonchev–Trinajstić information content (AvgIpc) is 1.64. The van der Waals surface area contributed by atoms with Crippen molar-refractivity contribution in [1.82, 2.24) is 0 Å². The largest absolute Gasteiger partial charge is 0.285 e. The molecule has 0 heterocycles. The maximum absolute atomic E-state index is 11.4. The van der Waals surface area contributed by atoms with Gasteiger partial charge < -0.3 is 0 Å². The number of thiol groups is 1. The average molecular weight is 150 g/mol. The molecule has 0 fully saturated rings. The Morgan fingerprint density at radius 1 is 1.11 bits per heavy atom. The molecule has 0 aliphatic carbocycles. The zero-order valence-electron chi connectivity index (χ0n) is 6.68. The lowest BCUT2D eigenvalue weighted by Crippen LogP contribution is -2.17. The number of rotatable bonds is 4. The van der Waals surface area contributed by atoms with E-state index in [1.807, 2.05) is 6.26 Å². The standard InChI is InChI=1S/C7H18OS/c1-4-6-9(3,8)7-5-2/h9H,4-7H2,1-3H3. The van der Waals surface area contributed by atoms with Crippen LogP contribution in [0.5, 0.6) is 0 Å². The first-order valence-corrected chi connectivity index (χ1v) is 6.20. The first-order valence-electron chi connectivity index (χ1n) is 3.68. The summed E-state index contributed by atoms with van der Waals surface area (Å²) in [4.78, 5) is 0. The maximum atomic E-state index is 11.4. The summed E-state index contributed by atoms with van der Waals surface area (Å²) in [5.74, 6) is 1.86. The smallest absolute Gasteiger partial charge is 0.000758 e. The van der Waals surface area contributed by atoms with Crippen LogP contribution in [0, 0.1) is 0 Å². The summed E-state index contributed by atoms with van der Waals surface area (Å²) in [6, 6.07) is 0. The summed E-state index contributed by atoms with van der Waals surface area (Å²) in [6.07, 6.45) is 4.04. The van der Waals surface area contributed by atoms with Crippen LogP contribution >= 0.6 is 0 Å². The molecule has 0 unspecified atom stereocenters. The fraction of sp³-hybridized carbons (Fsp3) is 1.00. The van der Waals surface area contributed by atoms with Gasteiger partial charge in [-0.15, -0.1) is 9.93 Å². The minimum atomic E-state index is -1.69. The molecule has 0 radical (unpaired) electrons. The van der Waals surface area contributed by atoms with Crippen molar-refractivity contribution in [2.45, 2.75) is 26.7 Å². The van der Waals surface area contributed by atoms with E-state index < -0.39 is 9.93 Å². The molecule has 0 bridgehead atoms. The molecule has 0 aliphatic rings. The molecule has 0 spiro atoms. The van der Waals surface area contributed by atoms with Gasteiger partial charge >= 0.3 is 0 Å². The van der Waals surface area contributed by atoms with Gasteiger partial charge in [0.15, 0.2) is 0 Å². The van der Waals surface area contributed by atoms with Crippen LogP contribution in [0.4, 0.5) is 0 Å². The summed E-state index contributed by atoms with van der Waals surface area (Å²) >= 11 is 0. The molecule has 0 saturated carbocycles. The Kier molecular flexibility index (Phi) is 4.11. The van der Waals surface area contributed by atoms with Gasteiger partial charge in [-0.2, -0.15) is 0 Å². The highest BCUT2D eigenvalue weighted by Gasteiger charge is 2.03. The molecule has 0 rings (SSSR count). The zero-order chi connectivity index (χ0) is 7.33. The normalized spacial score (nSPS) is 13.7. The van der Waals surface area contributed by atoms with E-state index in [9.17, 15) is 4.21 Å². The second-order valence-corrected chi connectivity index (χ2v) is 6.23. The monoisotopic (exact) mass is 150 g/mol. The zero-order valence-corrected chi connectivity index (χ0v) is 7.58. The van der Waals surface area contributed by atoms with Gasteiger partial charge in [-0.05, 0) is 19.1 Å². The summed E-state index contributed by atoms with van der Waals surface area (Å²) in [5, 5.41) is 0. The molecular formula is C7H18OS. The first-order chi connectivity index (χ1) is 4.12. The lowest BCUT2D eigenvalue weighted by atomic mass is 10.6. The fourth-order valence-electron chi connectivity index (χ4n) is 1.06. The molecule has 0 aliphatic heterocycles. The molecule has 0 saturated heterocycles. The third kappa shape index (κ3) is 4.64. The van der Waals surface area contributed by atoms with Gasteiger partial charge in [0.2, 0.25) is 0 Å². The van der Waals surface area contributed by atoms with Crippen LogP contribution in [-0.4, -0.2) is 22.0 Å². The van der Waals surface area contributed by atoms with Crippen LogP contribution in [-0.2, 0) is 9.93 Å². The molecular weight excluding hydrogens is 132 g/mol. The molecule has 0 N–H and O–H groups in total. The van der Waals surface area contributed by atoms with Crippen molar-refractivity contribution in [3.8, 4) is 0 Å². The second kappa shape index (κ2) is 4.04. The van der Waals surface area contributed by atoms with E-state index >= 15 is 0 Å². The number of hydrogen-bond acceptors (Lipinski definition) is 1. The Bertz CT molecular complexity index is 99.5. The Morgan fingerprint density at radius 3 is 1.67 bits per heavy atom. The summed E-state index contributed by atoms with van der Waals surface area (Å²) in [5.41, 5.74) is 0. The summed E-state index contributed by atoms with van der Waals surface area (Å²) in [6.45, 7) is 4.18. The molecule has 9 heavy (non-hydrogen) atoms. The quantitative estimate of drug-likeness (QED) is 0.600. The minimum absolute atomic E-state index is 0.931. The second-order valence-electron chi connectivity index (χ2n) is 2.74. The first kappa shape index (κ1) is 9.15. The topological polar surface area (TPSA) is 17.1 Å². The van der Waals surface area contributed by atoms with Crippen LogP contribution in [0.1, 0.15) is 26.7 Å². The Hall–Kier alpha value is 0.150. The highest BCUT2D eigenvalue weighted by atomic mass is 32.2. The van der Waals surface area contributed by atoms with E-state index in [1.54, 1.807) is 0 Å². The van der Waals surface area contributed by atoms with Crippen LogP contribution < -0.4 is 0 Å². The Morgan fingerprint density at radius 2 is 1.44 bits per heavy atom. The van der Waals surface area contributed by atoms with Crippen molar-refractivity contribution in [3.63, 3.8) is 0 Å². The molecule has 0 aromatic carbocycles. The lowest BCUT2D eigenvalue weighted by Gasteiger charge is -2.15. The van der Waals surface area contributed by atoms with Crippen molar-refractivity contribution in [3.05, 3.63) is 0 Å². The van der Waals surface area contributed by atoms with Gasteiger partial charge in [-0.1, -0.05) is 13.8 Å². The highest BCUT2D eigenvalue weighted by Crippen LogP contribution is 2.02. The maximum Gasteiger partial charge on any atom is 0.000758 e. The summed E-state index contributed by atoms with van der Waals surface area (Å²) in [7, 11) is -1.69. The molecule has 0 amide bonds. The predicted octanol–water partition coefficient (Wildman–Crippen LogP) is 1.45. The molecule has 0 aromatic rings. The molecule has 1 nitrogen and oxygen atoms in total. The third-order valence-electron chi connectivity index (χ3n) is 1.39. The predicted molar refractivity (Wildman–Crippen MR) is 45.8 cm³/mol. The van der Waals surface area contributed by atoms with Crippen molar-refractivity contribution in [1.29, 1.82) is 0 Å². The van der Waals surface area contributed by atoms with Gasteiger partial charge in [0.1, 0.15) is 0 Å². The van der Waals surface area contributed by atoms with Crippen molar-refractivity contribution < 1.29 is 4.21 Å². The van der Waals surface area contributed by atoms with Gasteiger partial charge in [-0.3, -0.25) is 4.21 Å². The van der Waals surface area contributed by atoms with Gasteiger partial charge in [0.05, 0.1) is 0 Å². The van der Waals surface area contributed by atoms with E-state index in [2.05, 4.69) is 13.8 Å². The van der Waals surface area contributed by atoms with E-state index in [1.165, 1.54) is 0 Å². The van der Waals surface area contributed by atoms with Crippen molar-refractivity contribution >= 4 is 9.93 Å². The van der Waals surface area contributed by atoms with Crippen LogP contribution in [0.15, 0.2) is 0 Å². The van der Waals surface area contributed by atoms with Crippen LogP contribution in [0.2, 0.25) is 0 Å². The summed E-state index contributed by atoms with van der Waals surface area (Å²) < 4.78 is 11.4. The van der Waals surface area contributed by atoms with E-state index in [0.717, 1.165) is 24.3 Å². The van der Waals surface area contributed by atoms with E-state index in [-0.39, 0.29) is 0 Å². The Labute approximate surface area is 59.3 Å².